The van der Waals surface area contributed by atoms with Crippen molar-refractivity contribution in [1.82, 2.24) is 9.38 Å². The van der Waals surface area contributed by atoms with Gasteiger partial charge in [-0.05, 0) is 34.1 Å². The second-order valence-corrected chi connectivity index (χ2v) is 4.33. The molecule has 0 N–H and O–H groups in total. The molecule has 0 aliphatic rings. The molecule has 0 spiro atoms. The summed E-state index contributed by atoms with van der Waals surface area (Å²) in [5.74, 6) is 0.0613. The van der Waals surface area contributed by atoms with Gasteiger partial charge in [-0.3, -0.25) is 14.5 Å². The van der Waals surface area contributed by atoms with Gasteiger partial charge in [0.05, 0.1) is 6.07 Å². The van der Waals surface area contributed by atoms with Crippen molar-refractivity contribution in [2.24, 2.45) is 0 Å². The first-order valence-corrected chi connectivity index (χ1v) is 5.83. The smallest absolute Gasteiger partial charge is 0.399 e. The third kappa shape index (κ3) is 1.60. The highest BCUT2D eigenvalue weighted by atomic mass is 79.9. The first kappa shape index (κ1) is 11.0. The predicted octanol–water partition coefficient (Wildman–Crippen LogP) is 3.27. The van der Waals surface area contributed by atoms with E-state index < -0.39 is 4.92 Å². The zero-order valence-electron chi connectivity index (χ0n) is 8.91. The van der Waals surface area contributed by atoms with E-state index in [-0.39, 0.29) is 5.88 Å². The Morgan fingerprint density at radius 3 is 2.83 bits per heavy atom. The van der Waals surface area contributed by atoms with Crippen molar-refractivity contribution >= 4 is 27.5 Å². The van der Waals surface area contributed by atoms with Gasteiger partial charge in [0.25, 0.3) is 0 Å². The minimum absolute atomic E-state index is 0.297. The molecule has 0 saturated carbocycles. The van der Waals surface area contributed by atoms with Gasteiger partial charge in [0.15, 0.2) is 5.76 Å². The Labute approximate surface area is 109 Å². The largest absolute Gasteiger partial charge is 0.433 e. The van der Waals surface area contributed by atoms with Crippen molar-refractivity contribution in [2.45, 2.75) is 0 Å². The van der Waals surface area contributed by atoms with Crippen LogP contribution >= 0.6 is 15.9 Å². The Hall–Kier alpha value is -2.15. The van der Waals surface area contributed by atoms with Crippen LogP contribution in [0, 0.1) is 10.1 Å². The molecule has 0 amide bonds. The molecule has 3 heterocycles. The van der Waals surface area contributed by atoms with Crippen molar-refractivity contribution in [3.63, 3.8) is 0 Å². The molecule has 0 fully saturated rings. The van der Waals surface area contributed by atoms with Gasteiger partial charge in [-0.15, -0.1) is 0 Å². The van der Waals surface area contributed by atoms with Gasteiger partial charge in [0.2, 0.25) is 0 Å². The standard InChI is InChI=1S/C11H6BrN3O3/c12-11-10(7-4-5-9(18-7)15(16)17)13-8-3-1-2-6-14(8)11/h1-6H. The van der Waals surface area contributed by atoms with Crippen LogP contribution in [-0.2, 0) is 0 Å². The molecule has 3 rings (SSSR count). The van der Waals surface area contributed by atoms with E-state index in [0.717, 1.165) is 5.65 Å². The van der Waals surface area contributed by atoms with Crippen molar-refractivity contribution < 1.29 is 9.34 Å². The minimum atomic E-state index is -0.576. The van der Waals surface area contributed by atoms with Gasteiger partial charge in [-0.25, -0.2) is 4.98 Å². The van der Waals surface area contributed by atoms with E-state index in [0.29, 0.717) is 16.1 Å². The van der Waals surface area contributed by atoms with Gasteiger partial charge in [0, 0.05) is 6.20 Å². The summed E-state index contributed by atoms with van der Waals surface area (Å²) in [5.41, 5.74) is 1.27. The molecule has 18 heavy (non-hydrogen) atoms. The van der Waals surface area contributed by atoms with E-state index >= 15 is 0 Å². The highest BCUT2D eigenvalue weighted by Crippen LogP contribution is 2.31. The number of pyridine rings is 1. The highest BCUT2D eigenvalue weighted by Gasteiger charge is 2.18. The van der Waals surface area contributed by atoms with Gasteiger partial charge >= 0.3 is 5.88 Å². The second-order valence-electron chi connectivity index (χ2n) is 3.58. The number of halogens is 1. The van der Waals surface area contributed by atoms with Crippen LogP contribution in [0.2, 0.25) is 0 Å². The molecule has 0 saturated heterocycles. The molecule has 0 aliphatic heterocycles. The van der Waals surface area contributed by atoms with Crippen LogP contribution in [0.25, 0.3) is 17.1 Å². The average molecular weight is 308 g/mol. The lowest BCUT2D eigenvalue weighted by molar-refractivity contribution is -0.401. The molecule has 0 unspecified atom stereocenters. The lowest BCUT2D eigenvalue weighted by Crippen LogP contribution is -1.83. The fourth-order valence-electron chi connectivity index (χ4n) is 1.68. The maximum atomic E-state index is 10.6. The lowest BCUT2D eigenvalue weighted by Gasteiger charge is -1.93. The SMILES string of the molecule is O=[N+]([O-])c1ccc(-c2nc3ccccn3c2Br)o1. The van der Waals surface area contributed by atoms with Crippen molar-refractivity contribution in [2.75, 3.05) is 0 Å². The molecule has 0 aliphatic carbocycles. The molecular weight excluding hydrogens is 302 g/mol. The van der Waals surface area contributed by atoms with Crippen molar-refractivity contribution in [1.29, 1.82) is 0 Å². The van der Waals surface area contributed by atoms with Crippen LogP contribution in [0.1, 0.15) is 0 Å². The molecule has 3 aromatic rings. The summed E-state index contributed by atoms with van der Waals surface area (Å²) in [4.78, 5) is 14.4. The summed E-state index contributed by atoms with van der Waals surface area (Å²) in [7, 11) is 0. The molecular formula is C11H6BrN3O3. The molecule has 0 atom stereocenters. The normalized spacial score (nSPS) is 10.9. The van der Waals surface area contributed by atoms with Gasteiger partial charge in [-0.1, -0.05) is 6.07 Å². The Morgan fingerprint density at radius 1 is 1.33 bits per heavy atom. The van der Waals surface area contributed by atoms with E-state index in [1.54, 1.807) is 0 Å². The number of rotatable bonds is 2. The van der Waals surface area contributed by atoms with Crippen LogP contribution < -0.4 is 0 Å². The first-order chi connectivity index (χ1) is 8.66. The minimum Gasteiger partial charge on any atom is -0.399 e. The van der Waals surface area contributed by atoms with Crippen LogP contribution in [0.3, 0.4) is 0 Å². The second kappa shape index (κ2) is 3.95. The van der Waals surface area contributed by atoms with Gasteiger partial charge in [-0.2, -0.15) is 0 Å². The average Bonchev–Trinajstić information content (AvgIpc) is 2.95. The summed E-state index contributed by atoms with van der Waals surface area (Å²) < 4.78 is 7.66. The molecule has 6 nitrogen and oxygen atoms in total. The summed E-state index contributed by atoms with van der Waals surface area (Å²) in [6.07, 6.45) is 1.84. The number of furan rings is 1. The zero-order chi connectivity index (χ0) is 12.7. The maximum absolute atomic E-state index is 10.6. The number of fused-ring (bicyclic) bond motifs is 1. The number of aromatic nitrogens is 2. The first-order valence-electron chi connectivity index (χ1n) is 5.04. The number of imidazole rings is 1. The Balaban J connectivity index is 2.18. The molecule has 0 aromatic carbocycles. The summed E-state index contributed by atoms with van der Waals surface area (Å²) in [5, 5.41) is 10.6. The van der Waals surface area contributed by atoms with Crippen LogP contribution in [0.15, 0.2) is 45.5 Å². The third-order valence-corrected chi connectivity index (χ3v) is 3.23. The van der Waals surface area contributed by atoms with Crippen LogP contribution in [0.4, 0.5) is 5.88 Å². The summed E-state index contributed by atoms with van der Waals surface area (Å²) in [6, 6.07) is 8.42. The van der Waals surface area contributed by atoms with E-state index in [9.17, 15) is 10.1 Å². The molecule has 7 heteroatoms. The Morgan fingerprint density at radius 2 is 2.17 bits per heavy atom. The zero-order valence-corrected chi connectivity index (χ0v) is 10.5. The molecule has 0 bridgehead atoms. The Kier molecular flexibility index (Phi) is 2.41. The fourth-order valence-corrected chi connectivity index (χ4v) is 2.26. The summed E-state index contributed by atoms with van der Waals surface area (Å²) in [6.45, 7) is 0. The molecule has 0 radical (unpaired) electrons. The topological polar surface area (TPSA) is 73.6 Å². The van der Waals surface area contributed by atoms with Crippen LogP contribution in [-0.4, -0.2) is 14.3 Å². The quantitative estimate of drug-likeness (QED) is 0.538. The number of nitro groups is 1. The third-order valence-electron chi connectivity index (χ3n) is 2.48. The number of hydrogen-bond acceptors (Lipinski definition) is 4. The van der Waals surface area contributed by atoms with E-state index in [2.05, 4.69) is 20.9 Å². The highest BCUT2D eigenvalue weighted by molar-refractivity contribution is 9.10. The fraction of sp³-hybridized carbons (Fsp3) is 0. The maximum Gasteiger partial charge on any atom is 0.433 e. The van der Waals surface area contributed by atoms with Crippen molar-refractivity contribution in [3.8, 4) is 11.5 Å². The van der Waals surface area contributed by atoms with Gasteiger partial charge in [0.1, 0.15) is 20.9 Å². The van der Waals surface area contributed by atoms with Crippen molar-refractivity contribution in [3.05, 3.63) is 51.2 Å². The monoisotopic (exact) mass is 307 g/mol. The Bertz CT molecular complexity index is 747. The molecule has 3 aromatic heterocycles. The van der Waals surface area contributed by atoms with Gasteiger partial charge < -0.3 is 4.42 Å². The van der Waals surface area contributed by atoms with E-state index in [4.69, 9.17) is 4.42 Å². The summed E-state index contributed by atoms with van der Waals surface area (Å²) >= 11 is 3.41. The lowest BCUT2D eigenvalue weighted by atomic mass is 10.3. The number of nitrogens with zero attached hydrogens (tertiary/aromatic N) is 3. The van der Waals surface area contributed by atoms with Crippen LogP contribution in [0.5, 0.6) is 0 Å². The number of hydrogen-bond donors (Lipinski definition) is 0. The van der Waals surface area contributed by atoms with E-state index in [1.807, 2.05) is 28.8 Å². The molecule has 90 valence electrons. The predicted molar refractivity (Wildman–Crippen MR) is 67.2 cm³/mol. The van der Waals surface area contributed by atoms with E-state index in [1.165, 1.54) is 12.1 Å².